The average molecular weight is 383 g/mol. The minimum atomic E-state index is 0.735. The maximum absolute atomic E-state index is 5.78. The predicted octanol–water partition coefficient (Wildman–Crippen LogP) is 3.31. The first-order chi connectivity index (χ1) is 13.7. The van der Waals surface area contributed by atoms with Crippen LogP contribution >= 0.6 is 0 Å². The van der Waals surface area contributed by atoms with Crippen LogP contribution in [0, 0.1) is 0 Å². The Morgan fingerprint density at radius 2 is 1.68 bits per heavy atom. The van der Waals surface area contributed by atoms with Gasteiger partial charge in [0.2, 0.25) is 0 Å². The zero-order valence-electron chi connectivity index (χ0n) is 17.4. The third kappa shape index (κ3) is 8.91. The molecule has 0 fully saturated rings. The Morgan fingerprint density at radius 1 is 0.929 bits per heavy atom. The molecule has 0 amide bonds. The van der Waals surface area contributed by atoms with Gasteiger partial charge in [-0.15, -0.1) is 0 Å². The van der Waals surface area contributed by atoms with Gasteiger partial charge in [0.1, 0.15) is 5.75 Å². The number of nitrogens with zero attached hydrogens (tertiary/aromatic N) is 2. The van der Waals surface area contributed by atoms with Gasteiger partial charge in [0.15, 0.2) is 5.96 Å². The van der Waals surface area contributed by atoms with Crippen molar-refractivity contribution in [2.45, 2.75) is 25.8 Å². The van der Waals surface area contributed by atoms with E-state index in [-0.39, 0.29) is 0 Å². The first kappa shape index (κ1) is 21.8. The van der Waals surface area contributed by atoms with Crippen molar-refractivity contribution in [1.82, 2.24) is 15.5 Å². The van der Waals surface area contributed by atoms with Crippen molar-refractivity contribution in [3.8, 4) is 5.75 Å². The summed E-state index contributed by atoms with van der Waals surface area (Å²) in [7, 11) is 5.96. The molecule has 0 unspecified atom stereocenters. The summed E-state index contributed by atoms with van der Waals surface area (Å²) < 4.78 is 5.78. The monoisotopic (exact) mass is 382 g/mol. The van der Waals surface area contributed by atoms with E-state index in [4.69, 9.17) is 4.74 Å². The van der Waals surface area contributed by atoms with Crippen LogP contribution in [0.1, 0.15) is 24.0 Å². The van der Waals surface area contributed by atoms with Gasteiger partial charge in [0.05, 0.1) is 6.61 Å². The molecule has 2 aromatic rings. The van der Waals surface area contributed by atoms with Gasteiger partial charge in [-0.3, -0.25) is 4.99 Å². The molecular formula is C23H34N4O. The summed E-state index contributed by atoms with van der Waals surface area (Å²) in [6.07, 6.45) is 3.17. The zero-order valence-corrected chi connectivity index (χ0v) is 17.4. The summed E-state index contributed by atoms with van der Waals surface area (Å²) in [6, 6.07) is 18.8. The molecule has 0 spiro atoms. The van der Waals surface area contributed by atoms with Crippen molar-refractivity contribution < 1.29 is 4.74 Å². The Hall–Kier alpha value is -2.53. The molecule has 5 nitrogen and oxygen atoms in total. The highest BCUT2D eigenvalue weighted by Crippen LogP contribution is 2.12. The Balaban J connectivity index is 1.64. The lowest BCUT2D eigenvalue weighted by Crippen LogP contribution is -2.37. The van der Waals surface area contributed by atoms with E-state index in [1.54, 1.807) is 7.05 Å². The molecule has 0 aliphatic carbocycles. The van der Waals surface area contributed by atoms with Crippen molar-refractivity contribution in [2.24, 2.45) is 4.99 Å². The van der Waals surface area contributed by atoms with Gasteiger partial charge >= 0.3 is 0 Å². The smallest absolute Gasteiger partial charge is 0.191 e. The number of guanidine groups is 1. The Labute approximate surface area is 169 Å². The first-order valence-electron chi connectivity index (χ1n) is 10.0. The van der Waals surface area contributed by atoms with E-state index in [0.29, 0.717) is 0 Å². The van der Waals surface area contributed by atoms with E-state index >= 15 is 0 Å². The highest BCUT2D eigenvalue weighted by atomic mass is 16.5. The van der Waals surface area contributed by atoms with Gasteiger partial charge in [-0.05, 0) is 56.6 Å². The Morgan fingerprint density at radius 3 is 2.36 bits per heavy atom. The minimum absolute atomic E-state index is 0.735. The molecule has 0 bridgehead atoms. The highest BCUT2D eigenvalue weighted by Gasteiger charge is 2.00. The molecule has 5 heteroatoms. The number of aryl methyl sites for hydroxylation is 1. The van der Waals surface area contributed by atoms with E-state index in [0.717, 1.165) is 57.2 Å². The van der Waals surface area contributed by atoms with Crippen LogP contribution in [0.25, 0.3) is 0 Å². The molecule has 0 saturated heterocycles. The van der Waals surface area contributed by atoms with Crippen molar-refractivity contribution in [1.29, 1.82) is 0 Å². The molecule has 28 heavy (non-hydrogen) atoms. The second-order valence-electron chi connectivity index (χ2n) is 7.09. The van der Waals surface area contributed by atoms with Crippen LogP contribution in [-0.2, 0) is 13.0 Å². The topological polar surface area (TPSA) is 48.9 Å². The summed E-state index contributed by atoms with van der Waals surface area (Å²) in [6.45, 7) is 3.42. The average Bonchev–Trinajstić information content (AvgIpc) is 2.72. The van der Waals surface area contributed by atoms with E-state index in [2.05, 4.69) is 77.1 Å². The van der Waals surface area contributed by atoms with Crippen LogP contribution in [0.2, 0.25) is 0 Å². The summed E-state index contributed by atoms with van der Waals surface area (Å²) >= 11 is 0. The normalized spacial score (nSPS) is 11.5. The van der Waals surface area contributed by atoms with Gasteiger partial charge in [0.25, 0.3) is 0 Å². The standard InChI is InChI=1S/C23H34N4O/c1-24-23(25-16-7-11-20-9-5-4-6-10-20)26-19-21-12-14-22(15-13-21)28-18-8-17-27(2)3/h4-6,9-10,12-15H,7-8,11,16-19H2,1-3H3,(H2,24,25,26). The molecule has 0 atom stereocenters. The second-order valence-corrected chi connectivity index (χ2v) is 7.09. The van der Waals surface area contributed by atoms with Crippen molar-refractivity contribution in [3.63, 3.8) is 0 Å². The fraction of sp³-hybridized carbons (Fsp3) is 0.435. The number of nitrogens with one attached hydrogen (secondary N) is 2. The van der Waals surface area contributed by atoms with Crippen LogP contribution in [0.4, 0.5) is 0 Å². The fourth-order valence-electron chi connectivity index (χ4n) is 2.82. The molecule has 152 valence electrons. The number of hydrogen-bond donors (Lipinski definition) is 2. The number of benzene rings is 2. The molecule has 2 aromatic carbocycles. The highest BCUT2D eigenvalue weighted by molar-refractivity contribution is 5.79. The maximum Gasteiger partial charge on any atom is 0.191 e. The number of ether oxygens (including phenoxy) is 1. The molecule has 0 aliphatic heterocycles. The Bertz CT molecular complexity index is 684. The lowest BCUT2D eigenvalue weighted by molar-refractivity contribution is 0.281. The van der Waals surface area contributed by atoms with Gasteiger partial charge in [0, 0.05) is 26.7 Å². The van der Waals surface area contributed by atoms with Gasteiger partial charge in [-0.2, -0.15) is 0 Å². The SMILES string of the molecule is CN=C(NCCCc1ccccc1)NCc1ccc(OCCCN(C)C)cc1. The van der Waals surface area contributed by atoms with E-state index in [1.807, 2.05) is 12.1 Å². The zero-order chi connectivity index (χ0) is 20.0. The summed E-state index contributed by atoms with van der Waals surface area (Å²) in [5, 5.41) is 6.74. The molecule has 0 saturated carbocycles. The molecule has 0 heterocycles. The number of rotatable bonds is 11. The summed E-state index contributed by atoms with van der Waals surface area (Å²) in [5.74, 6) is 1.75. The van der Waals surface area contributed by atoms with Gasteiger partial charge < -0.3 is 20.3 Å². The van der Waals surface area contributed by atoms with Crippen LogP contribution in [-0.4, -0.2) is 51.7 Å². The van der Waals surface area contributed by atoms with Crippen molar-refractivity contribution in [3.05, 3.63) is 65.7 Å². The van der Waals surface area contributed by atoms with Crippen LogP contribution in [0.3, 0.4) is 0 Å². The molecule has 2 rings (SSSR count). The van der Waals surface area contributed by atoms with Crippen LogP contribution in [0.5, 0.6) is 5.75 Å². The maximum atomic E-state index is 5.78. The van der Waals surface area contributed by atoms with E-state index < -0.39 is 0 Å². The van der Waals surface area contributed by atoms with Crippen LogP contribution < -0.4 is 15.4 Å². The van der Waals surface area contributed by atoms with Crippen molar-refractivity contribution >= 4 is 5.96 Å². The van der Waals surface area contributed by atoms with Gasteiger partial charge in [-0.25, -0.2) is 0 Å². The van der Waals surface area contributed by atoms with E-state index in [9.17, 15) is 0 Å². The molecule has 0 radical (unpaired) electrons. The third-order valence-corrected chi connectivity index (χ3v) is 4.40. The molecule has 0 aromatic heterocycles. The lowest BCUT2D eigenvalue weighted by Gasteiger charge is -2.13. The third-order valence-electron chi connectivity index (χ3n) is 4.40. The first-order valence-corrected chi connectivity index (χ1v) is 10.0. The summed E-state index contributed by atoms with van der Waals surface area (Å²) in [5.41, 5.74) is 2.57. The number of aliphatic imine (C=N–C) groups is 1. The minimum Gasteiger partial charge on any atom is -0.494 e. The second kappa shape index (κ2) is 12.8. The predicted molar refractivity (Wildman–Crippen MR) is 118 cm³/mol. The fourth-order valence-corrected chi connectivity index (χ4v) is 2.82. The quantitative estimate of drug-likeness (QED) is 0.356. The van der Waals surface area contributed by atoms with E-state index in [1.165, 1.54) is 11.1 Å². The lowest BCUT2D eigenvalue weighted by atomic mass is 10.1. The van der Waals surface area contributed by atoms with Crippen molar-refractivity contribution in [2.75, 3.05) is 40.8 Å². The van der Waals surface area contributed by atoms with Gasteiger partial charge in [-0.1, -0.05) is 42.5 Å². The molecule has 0 aliphatic rings. The molecular weight excluding hydrogens is 348 g/mol. The van der Waals surface area contributed by atoms with Crippen LogP contribution in [0.15, 0.2) is 59.6 Å². The molecule has 2 N–H and O–H groups in total. The number of hydrogen-bond acceptors (Lipinski definition) is 3. The largest absolute Gasteiger partial charge is 0.494 e. The Kier molecular flexibility index (Phi) is 9.94. The summed E-state index contributed by atoms with van der Waals surface area (Å²) in [4.78, 5) is 6.46.